The third kappa shape index (κ3) is 1.82. The van der Waals surface area contributed by atoms with Crippen LogP contribution in [-0.4, -0.2) is 23.8 Å². The molecular formula is C11H18O3. The molecule has 3 atom stereocenters. The standard InChI is InChI=1S/C11H18O3/c1-7(2)8-5-6-11(3,13)9(8)10(12)14-4/h8-9,13H,1,5-6H2,2-4H3/t8-,9+,11-/m0/s1. The van der Waals surface area contributed by atoms with Crippen LogP contribution in [0.4, 0.5) is 0 Å². The smallest absolute Gasteiger partial charge is 0.312 e. The molecule has 1 fully saturated rings. The van der Waals surface area contributed by atoms with Crippen LogP contribution in [0.5, 0.6) is 0 Å². The van der Waals surface area contributed by atoms with Crippen LogP contribution in [0.25, 0.3) is 0 Å². The largest absolute Gasteiger partial charge is 0.469 e. The number of hydrogen-bond acceptors (Lipinski definition) is 3. The fourth-order valence-electron chi connectivity index (χ4n) is 2.28. The van der Waals surface area contributed by atoms with Gasteiger partial charge in [0.05, 0.1) is 18.6 Å². The third-order valence-corrected chi connectivity index (χ3v) is 3.12. The average molecular weight is 198 g/mol. The molecule has 14 heavy (non-hydrogen) atoms. The molecule has 3 nitrogen and oxygen atoms in total. The van der Waals surface area contributed by atoms with Gasteiger partial charge in [0.1, 0.15) is 0 Å². The van der Waals surface area contributed by atoms with Crippen LogP contribution in [0.3, 0.4) is 0 Å². The summed E-state index contributed by atoms with van der Waals surface area (Å²) in [5, 5.41) is 10.0. The first-order valence-corrected chi connectivity index (χ1v) is 4.85. The zero-order valence-electron chi connectivity index (χ0n) is 9.04. The zero-order valence-corrected chi connectivity index (χ0v) is 9.04. The van der Waals surface area contributed by atoms with E-state index in [1.165, 1.54) is 7.11 Å². The van der Waals surface area contributed by atoms with Crippen LogP contribution in [0.15, 0.2) is 12.2 Å². The molecule has 1 rings (SSSR count). The van der Waals surface area contributed by atoms with Crippen molar-refractivity contribution >= 4 is 5.97 Å². The van der Waals surface area contributed by atoms with Crippen molar-refractivity contribution in [2.75, 3.05) is 7.11 Å². The lowest BCUT2D eigenvalue weighted by molar-refractivity contribution is -0.154. The Balaban J connectivity index is 2.92. The number of hydrogen-bond donors (Lipinski definition) is 1. The molecule has 0 bridgehead atoms. The molecule has 0 unspecified atom stereocenters. The molecule has 0 aliphatic heterocycles. The van der Waals surface area contributed by atoms with E-state index in [-0.39, 0.29) is 11.9 Å². The second kappa shape index (κ2) is 3.73. The minimum atomic E-state index is -0.948. The van der Waals surface area contributed by atoms with E-state index in [0.717, 1.165) is 12.0 Å². The highest BCUT2D eigenvalue weighted by atomic mass is 16.5. The zero-order chi connectivity index (χ0) is 10.9. The second-order valence-electron chi connectivity index (χ2n) is 4.35. The predicted octanol–water partition coefficient (Wildman–Crippen LogP) is 1.51. The maximum atomic E-state index is 11.5. The summed E-state index contributed by atoms with van der Waals surface area (Å²) in [6.07, 6.45) is 1.44. The van der Waals surface area contributed by atoms with E-state index >= 15 is 0 Å². The Morgan fingerprint density at radius 2 is 2.21 bits per heavy atom. The van der Waals surface area contributed by atoms with Crippen molar-refractivity contribution in [2.24, 2.45) is 11.8 Å². The molecule has 1 aliphatic carbocycles. The molecule has 0 heterocycles. The van der Waals surface area contributed by atoms with E-state index in [2.05, 4.69) is 6.58 Å². The van der Waals surface area contributed by atoms with Crippen molar-refractivity contribution in [3.63, 3.8) is 0 Å². The van der Waals surface area contributed by atoms with Crippen molar-refractivity contribution in [1.82, 2.24) is 0 Å². The second-order valence-corrected chi connectivity index (χ2v) is 4.35. The predicted molar refractivity (Wildman–Crippen MR) is 53.7 cm³/mol. The summed E-state index contributed by atoms with van der Waals surface area (Å²) >= 11 is 0. The SMILES string of the molecule is C=C(C)[C@@H]1CC[C@](C)(O)[C@H]1C(=O)OC. The number of allylic oxidation sites excluding steroid dienone is 1. The average Bonchev–Trinajstić information content (AvgIpc) is 2.40. The van der Waals surface area contributed by atoms with Gasteiger partial charge in [0.25, 0.3) is 0 Å². The van der Waals surface area contributed by atoms with Gasteiger partial charge in [-0.15, -0.1) is 0 Å². The molecule has 0 radical (unpaired) electrons. The van der Waals surface area contributed by atoms with E-state index in [0.29, 0.717) is 6.42 Å². The van der Waals surface area contributed by atoms with Gasteiger partial charge in [-0.3, -0.25) is 4.79 Å². The summed E-state index contributed by atoms with van der Waals surface area (Å²) in [6, 6.07) is 0. The highest BCUT2D eigenvalue weighted by molar-refractivity contribution is 5.75. The Labute approximate surface area is 84.8 Å². The van der Waals surface area contributed by atoms with E-state index < -0.39 is 11.5 Å². The van der Waals surface area contributed by atoms with Crippen LogP contribution in [0.2, 0.25) is 0 Å². The van der Waals surface area contributed by atoms with Gasteiger partial charge in [-0.05, 0) is 32.6 Å². The molecule has 3 heteroatoms. The third-order valence-electron chi connectivity index (χ3n) is 3.12. The summed E-state index contributed by atoms with van der Waals surface area (Å²) in [4.78, 5) is 11.5. The number of methoxy groups -OCH3 is 1. The topological polar surface area (TPSA) is 46.5 Å². The number of rotatable bonds is 2. The molecule has 1 N–H and O–H groups in total. The summed E-state index contributed by atoms with van der Waals surface area (Å²) in [5.41, 5.74) is -0.00495. The van der Waals surface area contributed by atoms with Crippen LogP contribution in [0.1, 0.15) is 26.7 Å². The summed E-state index contributed by atoms with van der Waals surface area (Å²) in [6.45, 7) is 7.43. The van der Waals surface area contributed by atoms with Crippen molar-refractivity contribution in [3.05, 3.63) is 12.2 Å². The fraction of sp³-hybridized carbons (Fsp3) is 0.727. The Hall–Kier alpha value is -0.830. The van der Waals surface area contributed by atoms with Crippen LogP contribution in [-0.2, 0) is 9.53 Å². The van der Waals surface area contributed by atoms with Crippen molar-refractivity contribution in [3.8, 4) is 0 Å². The molecule has 0 aromatic rings. The van der Waals surface area contributed by atoms with Gasteiger partial charge in [0.15, 0.2) is 0 Å². The van der Waals surface area contributed by atoms with Crippen LogP contribution >= 0.6 is 0 Å². The first-order valence-electron chi connectivity index (χ1n) is 4.85. The Morgan fingerprint density at radius 1 is 1.64 bits per heavy atom. The molecule has 1 aliphatic rings. The lowest BCUT2D eigenvalue weighted by atomic mass is 9.84. The van der Waals surface area contributed by atoms with Gasteiger partial charge in [-0.25, -0.2) is 0 Å². The maximum Gasteiger partial charge on any atom is 0.312 e. The number of carbonyl (C=O) groups excluding carboxylic acids is 1. The molecule has 0 spiro atoms. The van der Waals surface area contributed by atoms with Crippen molar-refractivity contribution in [2.45, 2.75) is 32.3 Å². The number of aliphatic hydroxyl groups is 1. The molecule has 0 aromatic carbocycles. The molecule has 0 saturated heterocycles. The number of esters is 1. The van der Waals surface area contributed by atoms with E-state index in [4.69, 9.17) is 4.74 Å². The Morgan fingerprint density at radius 3 is 2.64 bits per heavy atom. The highest BCUT2D eigenvalue weighted by Crippen LogP contribution is 2.43. The van der Waals surface area contributed by atoms with Gasteiger partial charge in [-0.1, -0.05) is 12.2 Å². The normalized spacial score (nSPS) is 36.9. The van der Waals surface area contributed by atoms with E-state index in [9.17, 15) is 9.90 Å². The van der Waals surface area contributed by atoms with Gasteiger partial charge < -0.3 is 9.84 Å². The van der Waals surface area contributed by atoms with Crippen molar-refractivity contribution < 1.29 is 14.6 Å². The van der Waals surface area contributed by atoms with Crippen LogP contribution < -0.4 is 0 Å². The van der Waals surface area contributed by atoms with Gasteiger partial charge in [0, 0.05) is 0 Å². The molecule has 80 valence electrons. The van der Waals surface area contributed by atoms with Crippen LogP contribution in [0, 0.1) is 11.8 Å². The first-order chi connectivity index (χ1) is 6.40. The summed E-state index contributed by atoms with van der Waals surface area (Å²) in [5.74, 6) is -0.733. The summed E-state index contributed by atoms with van der Waals surface area (Å²) in [7, 11) is 1.35. The van der Waals surface area contributed by atoms with E-state index in [1.54, 1.807) is 6.92 Å². The van der Waals surface area contributed by atoms with Crippen molar-refractivity contribution in [1.29, 1.82) is 0 Å². The minimum absolute atomic E-state index is 0.0532. The fourth-order valence-corrected chi connectivity index (χ4v) is 2.28. The number of ether oxygens (including phenoxy) is 1. The maximum absolute atomic E-state index is 11.5. The Kier molecular flexibility index (Phi) is 3.00. The highest BCUT2D eigenvalue weighted by Gasteiger charge is 2.49. The summed E-state index contributed by atoms with van der Waals surface area (Å²) < 4.78 is 4.71. The molecule has 0 aromatic heterocycles. The van der Waals surface area contributed by atoms with E-state index in [1.807, 2.05) is 6.92 Å². The lowest BCUT2D eigenvalue weighted by Gasteiger charge is -2.27. The van der Waals surface area contributed by atoms with Gasteiger partial charge in [0.2, 0.25) is 0 Å². The van der Waals surface area contributed by atoms with Gasteiger partial charge >= 0.3 is 5.97 Å². The quantitative estimate of drug-likeness (QED) is 0.540. The lowest BCUT2D eigenvalue weighted by Crippen LogP contribution is -2.38. The minimum Gasteiger partial charge on any atom is -0.469 e. The molecular weight excluding hydrogens is 180 g/mol. The monoisotopic (exact) mass is 198 g/mol. The number of carbonyl (C=O) groups is 1. The molecule has 0 amide bonds. The molecule has 1 saturated carbocycles. The Bertz CT molecular complexity index is 255. The first kappa shape index (κ1) is 11.2. The van der Waals surface area contributed by atoms with Gasteiger partial charge in [-0.2, -0.15) is 0 Å².